The Morgan fingerprint density at radius 1 is 1.26 bits per heavy atom. The maximum atomic E-state index is 4.35. The van der Waals surface area contributed by atoms with E-state index in [1.165, 1.54) is 11.1 Å². The summed E-state index contributed by atoms with van der Waals surface area (Å²) in [5.41, 5.74) is 2.60. The summed E-state index contributed by atoms with van der Waals surface area (Å²) in [6.45, 7) is 13.3. The lowest BCUT2D eigenvalue weighted by Gasteiger charge is -2.45. The zero-order valence-corrected chi connectivity index (χ0v) is 13.3. The standard InChI is InChI=1S/C16H29N3/c1-7-16(5,19(8-2)9-3)15(17-6)14-10-13(4)11-18-12-14/h10-12,15,17H,7-9H2,1-6H3. The molecule has 1 aromatic rings. The Labute approximate surface area is 118 Å². The number of nitrogens with one attached hydrogen (secondary N) is 1. The fraction of sp³-hybridized carbons (Fsp3) is 0.688. The average Bonchev–Trinajstić information content (AvgIpc) is 2.41. The van der Waals surface area contributed by atoms with Crippen molar-refractivity contribution in [2.24, 2.45) is 0 Å². The van der Waals surface area contributed by atoms with Crippen LogP contribution in [0.3, 0.4) is 0 Å². The molecule has 0 aliphatic carbocycles. The van der Waals surface area contributed by atoms with Gasteiger partial charge in [-0.25, -0.2) is 0 Å². The van der Waals surface area contributed by atoms with Gasteiger partial charge in [0.05, 0.1) is 6.04 Å². The molecule has 0 spiro atoms. The summed E-state index contributed by atoms with van der Waals surface area (Å²) in [6, 6.07) is 2.54. The third-order valence-electron chi connectivity index (χ3n) is 4.34. The first-order chi connectivity index (χ1) is 9.03. The van der Waals surface area contributed by atoms with Crippen LogP contribution in [0.1, 0.15) is 51.3 Å². The molecule has 0 aliphatic rings. The Morgan fingerprint density at radius 3 is 2.32 bits per heavy atom. The summed E-state index contributed by atoms with van der Waals surface area (Å²) >= 11 is 0. The highest BCUT2D eigenvalue weighted by molar-refractivity contribution is 5.24. The van der Waals surface area contributed by atoms with Gasteiger partial charge in [0, 0.05) is 17.9 Å². The van der Waals surface area contributed by atoms with Crippen molar-refractivity contribution in [3.63, 3.8) is 0 Å². The highest BCUT2D eigenvalue weighted by Crippen LogP contribution is 2.33. The van der Waals surface area contributed by atoms with Crippen molar-refractivity contribution in [3.8, 4) is 0 Å². The summed E-state index contributed by atoms with van der Waals surface area (Å²) in [4.78, 5) is 6.89. The van der Waals surface area contributed by atoms with Crippen LogP contribution in [0, 0.1) is 6.92 Å². The van der Waals surface area contributed by atoms with E-state index in [2.05, 4.69) is 55.9 Å². The number of likely N-dealkylation sites (N-methyl/N-ethyl adjacent to an activating group) is 2. The lowest BCUT2D eigenvalue weighted by molar-refractivity contribution is 0.0727. The van der Waals surface area contributed by atoms with Crippen LogP contribution in [0.25, 0.3) is 0 Å². The number of rotatable bonds is 7. The van der Waals surface area contributed by atoms with Gasteiger partial charge in [0.1, 0.15) is 0 Å². The van der Waals surface area contributed by atoms with Gasteiger partial charge in [0.2, 0.25) is 0 Å². The first-order valence-electron chi connectivity index (χ1n) is 7.37. The van der Waals surface area contributed by atoms with Crippen LogP contribution in [0.2, 0.25) is 0 Å². The zero-order valence-electron chi connectivity index (χ0n) is 13.3. The van der Waals surface area contributed by atoms with Gasteiger partial charge < -0.3 is 5.32 Å². The Bertz CT molecular complexity index is 387. The van der Waals surface area contributed by atoms with E-state index in [1.807, 2.05) is 19.4 Å². The summed E-state index contributed by atoms with van der Waals surface area (Å²) < 4.78 is 0. The lowest BCUT2D eigenvalue weighted by Crippen LogP contribution is -2.53. The van der Waals surface area contributed by atoms with Crippen LogP contribution < -0.4 is 5.32 Å². The van der Waals surface area contributed by atoms with E-state index in [0.29, 0.717) is 6.04 Å². The molecule has 0 fully saturated rings. The van der Waals surface area contributed by atoms with Gasteiger partial charge in [-0.3, -0.25) is 9.88 Å². The Hall–Kier alpha value is -0.930. The van der Waals surface area contributed by atoms with Gasteiger partial charge in [-0.1, -0.05) is 26.8 Å². The van der Waals surface area contributed by atoms with Crippen LogP contribution in [0.15, 0.2) is 18.5 Å². The van der Waals surface area contributed by atoms with Crippen molar-refractivity contribution in [1.29, 1.82) is 0 Å². The SMILES string of the molecule is CCN(CC)C(C)(CC)C(NC)c1cncc(C)c1. The second kappa shape index (κ2) is 7.01. The molecule has 1 rings (SSSR count). The van der Waals surface area contributed by atoms with Crippen LogP contribution in [-0.2, 0) is 0 Å². The number of aryl methyl sites for hydroxylation is 1. The largest absolute Gasteiger partial charge is 0.311 e. The van der Waals surface area contributed by atoms with Gasteiger partial charge in [-0.15, -0.1) is 0 Å². The summed E-state index contributed by atoms with van der Waals surface area (Å²) in [6.07, 6.45) is 5.01. The quantitative estimate of drug-likeness (QED) is 0.819. The maximum Gasteiger partial charge on any atom is 0.0517 e. The van der Waals surface area contributed by atoms with Gasteiger partial charge >= 0.3 is 0 Å². The van der Waals surface area contributed by atoms with Crippen LogP contribution in [0.4, 0.5) is 0 Å². The molecule has 0 amide bonds. The molecule has 2 unspecified atom stereocenters. The fourth-order valence-electron chi connectivity index (χ4n) is 3.13. The maximum absolute atomic E-state index is 4.35. The van der Waals surface area contributed by atoms with Gasteiger partial charge in [-0.2, -0.15) is 0 Å². The number of hydrogen-bond acceptors (Lipinski definition) is 3. The normalized spacial score (nSPS) is 16.4. The summed E-state index contributed by atoms with van der Waals surface area (Å²) in [5, 5.41) is 3.50. The van der Waals surface area contributed by atoms with E-state index in [9.17, 15) is 0 Å². The van der Waals surface area contributed by atoms with E-state index in [4.69, 9.17) is 0 Å². The van der Waals surface area contributed by atoms with E-state index in [0.717, 1.165) is 19.5 Å². The van der Waals surface area contributed by atoms with E-state index >= 15 is 0 Å². The average molecular weight is 263 g/mol. The molecule has 1 heterocycles. The summed E-state index contributed by atoms with van der Waals surface area (Å²) in [7, 11) is 2.05. The molecule has 108 valence electrons. The number of nitrogens with zero attached hydrogens (tertiary/aromatic N) is 2. The molecule has 0 aliphatic heterocycles. The molecule has 0 saturated heterocycles. The monoisotopic (exact) mass is 263 g/mol. The minimum atomic E-state index is 0.105. The molecule has 3 heteroatoms. The highest BCUT2D eigenvalue weighted by atomic mass is 15.2. The molecule has 2 atom stereocenters. The van der Waals surface area contributed by atoms with Crippen LogP contribution >= 0.6 is 0 Å². The molecule has 1 N–H and O–H groups in total. The second-order valence-electron chi connectivity index (χ2n) is 5.40. The van der Waals surface area contributed by atoms with Crippen molar-refractivity contribution in [3.05, 3.63) is 29.6 Å². The molecule has 0 saturated carbocycles. The van der Waals surface area contributed by atoms with Crippen molar-refractivity contribution in [2.45, 2.75) is 52.6 Å². The number of pyridine rings is 1. The van der Waals surface area contributed by atoms with Gasteiger partial charge in [0.15, 0.2) is 0 Å². The topological polar surface area (TPSA) is 28.2 Å². The van der Waals surface area contributed by atoms with E-state index in [1.54, 1.807) is 0 Å². The van der Waals surface area contributed by atoms with Crippen molar-refractivity contribution < 1.29 is 0 Å². The first-order valence-corrected chi connectivity index (χ1v) is 7.37. The zero-order chi connectivity index (χ0) is 14.5. The molecule has 0 radical (unpaired) electrons. The van der Waals surface area contributed by atoms with Crippen LogP contribution in [0.5, 0.6) is 0 Å². The van der Waals surface area contributed by atoms with Gasteiger partial charge in [0.25, 0.3) is 0 Å². The van der Waals surface area contributed by atoms with Gasteiger partial charge in [-0.05, 0) is 51.5 Å². The second-order valence-corrected chi connectivity index (χ2v) is 5.40. The Kier molecular flexibility index (Phi) is 5.95. The Balaban J connectivity index is 3.18. The van der Waals surface area contributed by atoms with Crippen molar-refractivity contribution >= 4 is 0 Å². The molecule has 1 aromatic heterocycles. The first kappa shape index (κ1) is 16.1. The highest BCUT2D eigenvalue weighted by Gasteiger charge is 2.37. The minimum Gasteiger partial charge on any atom is -0.311 e. The molecular formula is C16H29N3. The van der Waals surface area contributed by atoms with E-state index in [-0.39, 0.29) is 5.54 Å². The van der Waals surface area contributed by atoms with Crippen molar-refractivity contribution in [1.82, 2.24) is 15.2 Å². The number of hydrogen-bond donors (Lipinski definition) is 1. The van der Waals surface area contributed by atoms with Crippen LogP contribution in [-0.4, -0.2) is 35.6 Å². The predicted octanol–water partition coefficient (Wildman–Crippen LogP) is 3.16. The molecule has 3 nitrogen and oxygen atoms in total. The molecular weight excluding hydrogens is 234 g/mol. The minimum absolute atomic E-state index is 0.105. The Morgan fingerprint density at radius 2 is 1.89 bits per heavy atom. The molecule has 0 bridgehead atoms. The number of aromatic nitrogens is 1. The molecule has 0 aromatic carbocycles. The third kappa shape index (κ3) is 3.34. The summed E-state index contributed by atoms with van der Waals surface area (Å²) in [5.74, 6) is 0. The lowest BCUT2D eigenvalue weighted by atomic mass is 9.83. The molecule has 19 heavy (non-hydrogen) atoms. The fourth-order valence-corrected chi connectivity index (χ4v) is 3.13. The van der Waals surface area contributed by atoms with Crippen molar-refractivity contribution in [2.75, 3.05) is 20.1 Å². The van der Waals surface area contributed by atoms with E-state index < -0.39 is 0 Å². The third-order valence-corrected chi connectivity index (χ3v) is 4.34. The predicted molar refractivity (Wildman–Crippen MR) is 82.4 cm³/mol. The smallest absolute Gasteiger partial charge is 0.0517 e.